The van der Waals surface area contributed by atoms with Crippen LogP contribution in [0.3, 0.4) is 0 Å². The van der Waals surface area contributed by atoms with Gasteiger partial charge in [-0.2, -0.15) is 13.2 Å². The number of hydrogen-bond acceptors (Lipinski definition) is 2. The molecule has 4 nitrogen and oxygen atoms in total. The van der Waals surface area contributed by atoms with Gasteiger partial charge in [0.25, 0.3) is 0 Å². The Kier molecular flexibility index (Phi) is 5.31. The number of anilines is 1. The monoisotopic (exact) mass is 326 g/mol. The highest BCUT2D eigenvalue weighted by molar-refractivity contribution is 5.92. The summed E-state index contributed by atoms with van der Waals surface area (Å²) in [5.41, 5.74) is 1.05. The summed E-state index contributed by atoms with van der Waals surface area (Å²) in [4.78, 5) is 12.0. The Morgan fingerprint density at radius 2 is 1.96 bits per heavy atom. The largest absolute Gasteiger partial charge is 0.482 e. The van der Waals surface area contributed by atoms with E-state index >= 15 is 0 Å². The zero-order valence-electron chi connectivity index (χ0n) is 12.6. The Hall–Kier alpha value is -2.44. The molecule has 1 heterocycles. The minimum atomic E-state index is -4.43. The van der Waals surface area contributed by atoms with E-state index in [-0.39, 0.29) is 23.8 Å². The summed E-state index contributed by atoms with van der Waals surface area (Å²) in [6, 6.07) is 8.33. The number of aryl methyl sites for hydroxylation is 2. The molecule has 0 spiro atoms. The van der Waals surface area contributed by atoms with Crippen molar-refractivity contribution >= 4 is 11.6 Å². The van der Waals surface area contributed by atoms with E-state index in [9.17, 15) is 18.0 Å². The first kappa shape index (κ1) is 16.9. The number of carbonyl (C=O) groups is 1. The SMILES string of the molecule is Cc1ccc(OCC(F)(F)F)c(NC(=O)CCn2cccc2)c1. The second kappa shape index (κ2) is 7.21. The first-order valence-electron chi connectivity index (χ1n) is 7.04. The van der Waals surface area contributed by atoms with Crippen LogP contribution in [0, 0.1) is 6.92 Å². The summed E-state index contributed by atoms with van der Waals surface area (Å²) in [6.45, 7) is 0.870. The van der Waals surface area contributed by atoms with Gasteiger partial charge in [-0.3, -0.25) is 4.79 Å². The van der Waals surface area contributed by atoms with Crippen molar-refractivity contribution in [2.45, 2.75) is 26.1 Å². The second-order valence-electron chi connectivity index (χ2n) is 5.12. The van der Waals surface area contributed by atoms with Gasteiger partial charge in [0.15, 0.2) is 6.61 Å². The lowest BCUT2D eigenvalue weighted by molar-refractivity contribution is -0.153. The maximum Gasteiger partial charge on any atom is 0.422 e. The average Bonchev–Trinajstić information content (AvgIpc) is 2.96. The summed E-state index contributed by atoms with van der Waals surface area (Å²) in [5, 5.41) is 2.61. The van der Waals surface area contributed by atoms with Crippen LogP contribution >= 0.6 is 0 Å². The van der Waals surface area contributed by atoms with Gasteiger partial charge in [-0.05, 0) is 36.8 Å². The van der Waals surface area contributed by atoms with E-state index in [1.165, 1.54) is 6.07 Å². The summed E-state index contributed by atoms with van der Waals surface area (Å²) < 4.78 is 43.4. The van der Waals surface area contributed by atoms with Crippen molar-refractivity contribution in [2.75, 3.05) is 11.9 Å². The van der Waals surface area contributed by atoms with Crippen LogP contribution in [0.1, 0.15) is 12.0 Å². The van der Waals surface area contributed by atoms with Gasteiger partial charge < -0.3 is 14.6 Å². The Morgan fingerprint density at radius 3 is 2.61 bits per heavy atom. The molecule has 23 heavy (non-hydrogen) atoms. The number of halogens is 3. The first-order chi connectivity index (χ1) is 10.8. The molecular formula is C16H17F3N2O2. The predicted molar refractivity (Wildman–Crippen MR) is 80.4 cm³/mol. The molecule has 0 aliphatic rings. The quantitative estimate of drug-likeness (QED) is 0.878. The number of rotatable bonds is 6. The van der Waals surface area contributed by atoms with Gasteiger partial charge in [-0.25, -0.2) is 0 Å². The van der Waals surface area contributed by atoms with Crippen LogP contribution in [0.4, 0.5) is 18.9 Å². The number of nitrogens with one attached hydrogen (secondary N) is 1. The number of nitrogens with zero attached hydrogens (tertiary/aromatic N) is 1. The third-order valence-electron chi connectivity index (χ3n) is 3.06. The molecule has 0 saturated carbocycles. The lowest BCUT2D eigenvalue weighted by atomic mass is 10.2. The van der Waals surface area contributed by atoms with Crippen molar-refractivity contribution < 1.29 is 22.7 Å². The summed E-state index contributed by atoms with van der Waals surface area (Å²) in [7, 11) is 0. The number of aromatic nitrogens is 1. The number of ether oxygens (including phenoxy) is 1. The van der Waals surface area contributed by atoms with E-state index in [0.717, 1.165) is 5.56 Å². The standard InChI is InChI=1S/C16H17F3N2O2/c1-12-4-5-14(23-11-16(17,18)19)13(10-12)20-15(22)6-9-21-7-2-3-8-21/h2-5,7-8,10H,6,9,11H2,1H3,(H,20,22). The third-order valence-corrected chi connectivity index (χ3v) is 3.06. The van der Waals surface area contributed by atoms with Crippen molar-refractivity contribution in [3.63, 3.8) is 0 Å². The van der Waals surface area contributed by atoms with Crippen LogP contribution in [0.5, 0.6) is 5.75 Å². The number of hydrogen-bond donors (Lipinski definition) is 1. The topological polar surface area (TPSA) is 43.3 Å². The van der Waals surface area contributed by atoms with Crippen LogP contribution in [0.15, 0.2) is 42.7 Å². The summed E-state index contributed by atoms with van der Waals surface area (Å²) in [6.07, 6.45) is -0.558. The Bertz CT molecular complexity index is 652. The fourth-order valence-corrected chi connectivity index (χ4v) is 1.99. The lowest BCUT2D eigenvalue weighted by Crippen LogP contribution is -2.20. The molecule has 1 aromatic heterocycles. The van der Waals surface area contributed by atoms with Crippen LogP contribution < -0.4 is 10.1 Å². The Morgan fingerprint density at radius 1 is 1.26 bits per heavy atom. The van der Waals surface area contributed by atoms with E-state index in [2.05, 4.69) is 5.32 Å². The molecule has 1 N–H and O–H groups in total. The molecule has 0 fully saturated rings. The molecule has 0 aliphatic carbocycles. The van der Waals surface area contributed by atoms with Gasteiger partial charge in [0.05, 0.1) is 5.69 Å². The number of amides is 1. The highest BCUT2D eigenvalue weighted by Gasteiger charge is 2.28. The van der Waals surface area contributed by atoms with Crippen LogP contribution in [-0.2, 0) is 11.3 Å². The minimum Gasteiger partial charge on any atom is -0.482 e. The molecule has 1 aromatic carbocycles. The van der Waals surface area contributed by atoms with Crippen molar-refractivity contribution in [1.82, 2.24) is 4.57 Å². The van der Waals surface area contributed by atoms with Gasteiger partial charge in [-0.15, -0.1) is 0 Å². The first-order valence-corrected chi connectivity index (χ1v) is 7.04. The highest BCUT2D eigenvalue weighted by atomic mass is 19.4. The Balaban J connectivity index is 1.99. The molecule has 2 aromatic rings. The summed E-state index contributed by atoms with van der Waals surface area (Å²) >= 11 is 0. The van der Waals surface area contributed by atoms with Gasteiger partial charge >= 0.3 is 6.18 Å². The third kappa shape index (κ3) is 5.69. The molecule has 124 valence electrons. The van der Waals surface area contributed by atoms with E-state index < -0.39 is 12.8 Å². The molecular weight excluding hydrogens is 309 g/mol. The minimum absolute atomic E-state index is 0.00207. The lowest BCUT2D eigenvalue weighted by Gasteiger charge is -2.14. The number of carbonyl (C=O) groups excluding carboxylic acids is 1. The molecule has 1 amide bonds. The van der Waals surface area contributed by atoms with Crippen molar-refractivity contribution in [3.05, 3.63) is 48.3 Å². The molecule has 0 unspecified atom stereocenters. The van der Waals surface area contributed by atoms with E-state index in [4.69, 9.17) is 4.74 Å². The predicted octanol–water partition coefficient (Wildman–Crippen LogP) is 3.77. The average molecular weight is 326 g/mol. The molecule has 0 saturated heterocycles. The maximum atomic E-state index is 12.3. The fraction of sp³-hybridized carbons (Fsp3) is 0.312. The van der Waals surface area contributed by atoms with Gasteiger partial charge in [0, 0.05) is 25.4 Å². The van der Waals surface area contributed by atoms with Crippen molar-refractivity contribution in [1.29, 1.82) is 0 Å². The zero-order valence-corrected chi connectivity index (χ0v) is 12.6. The zero-order chi connectivity index (χ0) is 16.9. The molecule has 2 rings (SSSR count). The Labute approximate surface area is 131 Å². The number of alkyl halides is 3. The van der Waals surface area contributed by atoms with Crippen LogP contribution in [0.2, 0.25) is 0 Å². The summed E-state index contributed by atoms with van der Waals surface area (Å²) in [5.74, 6) is -0.289. The van der Waals surface area contributed by atoms with Gasteiger partial charge in [0.2, 0.25) is 5.91 Å². The highest BCUT2D eigenvalue weighted by Crippen LogP contribution is 2.28. The van der Waals surface area contributed by atoms with Crippen molar-refractivity contribution in [3.8, 4) is 5.75 Å². The molecule has 0 atom stereocenters. The molecule has 0 bridgehead atoms. The van der Waals surface area contributed by atoms with Crippen LogP contribution in [-0.4, -0.2) is 23.3 Å². The van der Waals surface area contributed by atoms with Crippen LogP contribution in [0.25, 0.3) is 0 Å². The number of benzene rings is 1. The van der Waals surface area contributed by atoms with Gasteiger partial charge in [-0.1, -0.05) is 6.07 Å². The van der Waals surface area contributed by atoms with E-state index in [1.807, 2.05) is 29.1 Å². The van der Waals surface area contributed by atoms with E-state index in [1.54, 1.807) is 19.1 Å². The van der Waals surface area contributed by atoms with Crippen molar-refractivity contribution in [2.24, 2.45) is 0 Å². The second-order valence-corrected chi connectivity index (χ2v) is 5.12. The fourth-order valence-electron chi connectivity index (χ4n) is 1.99. The maximum absolute atomic E-state index is 12.3. The van der Waals surface area contributed by atoms with E-state index in [0.29, 0.717) is 6.54 Å². The molecule has 0 radical (unpaired) electrons. The molecule has 7 heteroatoms. The smallest absolute Gasteiger partial charge is 0.422 e. The normalized spacial score (nSPS) is 11.3. The molecule has 0 aliphatic heterocycles. The van der Waals surface area contributed by atoms with Gasteiger partial charge in [0.1, 0.15) is 5.75 Å².